The molecule has 2 rings (SSSR count). The fraction of sp³-hybridized carbons (Fsp3) is 0.389. The van der Waals surface area contributed by atoms with Gasteiger partial charge in [0.15, 0.2) is 0 Å². The topological polar surface area (TPSA) is 80.6 Å². The van der Waals surface area contributed by atoms with Crippen molar-refractivity contribution < 1.29 is 17.9 Å². The molecular weight excluding hydrogens is 354 g/mol. The predicted molar refractivity (Wildman–Crippen MR) is 100 cm³/mol. The van der Waals surface area contributed by atoms with Gasteiger partial charge in [-0.2, -0.15) is 4.31 Å². The Kier molecular flexibility index (Phi) is 6.96. The minimum Gasteiger partial charge on any atom is -0.385 e. The van der Waals surface area contributed by atoms with Crippen molar-refractivity contribution in [1.29, 1.82) is 0 Å². The molecule has 1 amide bonds. The maximum Gasteiger partial charge on any atom is 0.243 e. The summed E-state index contributed by atoms with van der Waals surface area (Å²) in [7, 11) is -0.187. The number of benzene rings is 1. The van der Waals surface area contributed by atoms with E-state index < -0.39 is 10.0 Å². The first-order chi connectivity index (χ1) is 12.3. The van der Waals surface area contributed by atoms with Gasteiger partial charge in [-0.05, 0) is 42.8 Å². The van der Waals surface area contributed by atoms with E-state index in [4.69, 9.17) is 4.74 Å². The van der Waals surface area contributed by atoms with Gasteiger partial charge in [0.25, 0.3) is 0 Å². The number of amides is 1. The van der Waals surface area contributed by atoms with Crippen molar-refractivity contribution in [2.75, 3.05) is 25.6 Å². The van der Waals surface area contributed by atoms with Gasteiger partial charge in [-0.3, -0.25) is 4.79 Å². The van der Waals surface area contributed by atoms with Gasteiger partial charge in [-0.1, -0.05) is 0 Å². The van der Waals surface area contributed by atoms with Gasteiger partial charge in [-0.15, -0.1) is 0 Å². The maximum absolute atomic E-state index is 13.1. The molecule has 142 valence electrons. The molecule has 7 nitrogen and oxygen atoms in total. The number of ether oxygens (including phenoxy) is 1. The second-order valence-corrected chi connectivity index (χ2v) is 7.94. The highest BCUT2D eigenvalue weighted by molar-refractivity contribution is 7.89. The number of nitrogens with zero attached hydrogens (tertiary/aromatic N) is 2. The van der Waals surface area contributed by atoms with Gasteiger partial charge in [0.1, 0.15) is 0 Å². The summed E-state index contributed by atoms with van der Waals surface area (Å²) in [6.45, 7) is 2.53. The number of carbonyl (C=O) groups excluding carboxylic acids is 1. The highest BCUT2D eigenvalue weighted by atomic mass is 32.2. The van der Waals surface area contributed by atoms with Crippen LogP contribution in [-0.4, -0.2) is 43.5 Å². The fourth-order valence-corrected chi connectivity index (χ4v) is 4.02. The average Bonchev–Trinajstić information content (AvgIpc) is 2.99. The molecule has 0 aliphatic carbocycles. The molecule has 0 fully saturated rings. The number of anilines is 1. The zero-order valence-electron chi connectivity index (χ0n) is 15.3. The third-order valence-electron chi connectivity index (χ3n) is 3.96. The van der Waals surface area contributed by atoms with Crippen molar-refractivity contribution in [1.82, 2.24) is 8.87 Å². The standard InChI is InChI=1S/C18H25N3O4S/c1-15(22)19-16-7-9-18(10-8-16)26(23,24)21(12-5-13-25-3)14-17-6-4-11-20(17)2/h4,6-11H,5,12-14H2,1-3H3,(H,19,22). The molecule has 0 bridgehead atoms. The van der Waals surface area contributed by atoms with E-state index in [1.54, 1.807) is 19.2 Å². The van der Waals surface area contributed by atoms with Crippen LogP contribution in [0.25, 0.3) is 0 Å². The van der Waals surface area contributed by atoms with Crippen LogP contribution in [-0.2, 0) is 33.1 Å². The number of hydrogen-bond donors (Lipinski definition) is 1. The number of rotatable bonds is 9. The highest BCUT2D eigenvalue weighted by Crippen LogP contribution is 2.21. The smallest absolute Gasteiger partial charge is 0.243 e. The van der Waals surface area contributed by atoms with Crippen molar-refractivity contribution in [3.8, 4) is 0 Å². The first-order valence-electron chi connectivity index (χ1n) is 8.31. The van der Waals surface area contributed by atoms with Gasteiger partial charge in [0, 0.05) is 51.8 Å². The van der Waals surface area contributed by atoms with E-state index in [2.05, 4.69) is 5.32 Å². The van der Waals surface area contributed by atoms with E-state index in [-0.39, 0.29) is 17.3 Å². The van der Waals surface area contributed by atoms with Crippen LogP contribution in [0.5, 0.6) is 0 Å². The lowest BCUT2D eigenvalue weighted by Gasteiger charge is -2.22. The molecule has 0 unspecified atom stereocenters. The Morgan fingerprint density at radius 2 is 1.92 bits per heavy atom. The fourth-order valence-electron chi connectivity index (χ4n) is 2.57. The number of carbonyl (C=O) groups is 1. The lowest BCUT2D eigenvalue weighted by molar-refractivity contribution is -0.114. The minimum absolute atomic E-state index is 0.193. The Morgan fingerprint density at radius 1 is 1.23 bits per heavy atom. The predicted octanol–water partition coefficient (Wildman–Crippen LogP) is 2.21. The molecule has 0 saturated heterocycles. The third-order valence-corrected chi connectivity index (χ3v) is 5.82. The van der Waals surface area contributed by atoms with Gasteiger partial charge in [-0.25, -0.2) is 8.42 Å². The molecule has 1 heterocycles. The average molecular weight is 379 g/mol. The molecular formula is C18H25N3O4S. The summed E-state index contributed by atoms with van der Waals surface area (Å²) in [5.74, 6) is -0.203. The summed E-state index contributed by atoms with van der Waals surface area (Å²) >= 11 is 0. The Labute approximate surface area is 154 Å². The summed E-state index contributed by atoms with van der Waals surface area (Å²) in [4.78, 5) is 11.3. The zero-order chi connectivity index (χ0) is 19.2. The van der Waals surface area contributed by atoms with Gasteiger partial charge in [0.2, 0.25) is 15.9 Å². The SMILES string of the molecule is COCCCN(Cc1cccn1C)S(=O)(=O)c1ccc(NC(C)=O)cc1. The van der Waals surface area contributed by atoms with Crippen LogP contribution in [0.4, 0.5) is 5.69 Å². The van der Waals surface area contributed by atoms with E-state index in [1.165, 1.54) is 23.4 Å². The number of nitrogens with one attached hydrogen (secondary N) is 1. The molecule has 1 N–H and O–H groups in total. The first-order valence-corrected chi connectivity index (χ1v) is 9.75. The molecule has 0 spiro atoms. The molecule has 8 heteroatoms. The second kappa shape index (κ2) is 8.98. The highest BCUT2D eigenvalue weighted by Gasteiger charge is 2.25. The van der Waals surface area contributed by atoms with Crippen molar-refractivity contribution in [3.05, 3.63) is 48.3 Å². The first kappa shape index (κ1) is 20.2. The van der Waals surface area contributed by atoms with Crippen LogP contribution in [0, 0.1) is 0 Å². The summed E-state index contributed by atoms with van der Waals surface area (Å²) < 4.78 is 34.6. The quantitative estimate of drug-likeness (QED) is 0.678. The summed E-state index contributed by atoms with van der Waals surface area (Å²) in [5.41, 5.74) is 1.46. The lowest BCUT2D eigenvalue weighted by Crippen LogP contribution is -2.32. The Balaban J connectivity index is 2.25. The summed E-state index contributed by atoms with van der Waals surface area (Å²) in [6, 6.07) is 9.98. The summed E-state index contributed by atoms with van der Waals surface area (Å²) in [5, 5.41) is 2.63. The van der Waals surface area contributed by atoms with Crippen LogP contribution in [0.1, 0.15) is 19.0 Å². The Hall–Kier alpha value is -2.16. The lowest BCUT2D eigenvalue weighted by atomic mass is 10.3. The number of aryl methyl sites for hydroxylation is 1. The Morgan fingerprint density at radius 3 is 2.46 bits per heavy atom. The number of sulfonamides is 1. The van der Waals surface area contributed by atoms with E-state index in [1.807, 2.05) is 29.9 Å². The van der Waals surface area contributed by atoms with Crippen LogP contribution >= 0.6 is 0 Å². The van der Waals surface area contributed by atoms with Gasteiger partial charge < -0.3 is 14.6 Å². The molecule has 0 saturated carbocycles. The number of methoxy groups -OCH3 is 1. The van der Waals surface area contributed by atoms with Crippen molar-refractivity contribution >= 4 is 21.6 Å². The monoisotopic (exact) mass is 379 g/mol. The molecule has 0 aliphatic heterocycles. The molecule has 2 aromatic rings. The zero-order valence-corrected chi connectivity index (χ0v) is 16.1. The van der Waals surface area contributed by atoms with Gasteiger partial charge >= 0.3 is 0 Å². The molecule has 1 aromatic carbocycles. The minimum atomic E-state index is -3.67. The van der Waals surface area contributed by atoms with Crippen LogP contribution in [0.2, 0.25) is 0 Å². The van der Waals surface area contributed by atoms with E-state index in [9.17, 15) is 13.2 Å². The second-order valence-electron chi connectivity index (χ2n) is 6.00. The molecule has 0 atom stereocenters. The van der Waals surface area contributed by atoms with Gasteiger partial charge in [0.05, 0.1) is 11.4 Å². The van der Waals surface area contributed by atoms with Crippen molar-refractivity contribution in [2.24, 2.45) is 7.05 Å². The van der Waals surface area contributed by atoms with Crippen LogP contribution < -0.4 is 5.32 Å². The largest absolute Gasteiger partial charge is 0.385 e. The van der Waals surface area contributed by atoms with Crippen LogP contribution in [0.15, 0.2) is 47.5 Å². The normalized spacial score (nSPS) is 11.7. The number of aromatic nitrogens is 1. The molecule has 0 radical (unpaired) electrons. The maximum atomic E-state index is 13.1. The Bertz CT molecular complexity index is 828. The molecule has 0 aliphatic rings. The van der Waals surface area contributed by atoms with E-state index in [0.717, 1.165) is 5.69 Å². The van der Waals surface area contributed by atoms with Crippen molar-refractivity contribution in [3.63, 3.8) is 0 Å². The van der Waals surface area contributed by atoms with Crippen LogP contribution in [0.3, 0.4) is 0 Å². The van der Waals surface area contributed by atoms with Crippen molar-refractivity contribution in [2.45, 2.75) is 24.8 Å². The number of hydrogen-bond acceptors (Lipinski definition) is 4. The molecule has 1 aromatic heterocycles. The summed E-state index contributed by atoms with van der Waals surface area (Å²) in [6.07, 6.45) is 2.49. The molecule has 26 heavy (non-hydrogen) atoms. The third kappa shape index (κ3) is 5.17. The van der Waals surface area contributed by atoms with E-state index >= 15 is 0 Å². The van der Waals surface area contributed by atoms with E-state index in [0.29, 0.717) is 25.3 Å².